The second kappa shape index (κ2) is 7.56. The van der Waals surface area contributed by atoms with Crippen LogP contribution in [0.15, 0.2) is 65.4 Å². The Morgan fingerprint density at radius 2 is 1.93 bits per heavy atom. The van der Waals surface area contributed by atoms with Crippen molar-refractivity contribution in [3.63, 3.8) is 0 Å². The molecule has 0 aliphatic carbocycles. The second-order valence-electron chi connectivity index (χ2n) is 7.15. The predicted molar refractivity (Wildman–Crippen MR) is 113 cm³/mol. The van der Waals surface area contributed by atoms with E-state index in [0.717, 1.165) is 46.2 Å². The minimum atomic E-state index is -0.0958. The zero-order valence-electron chi connectivity index (χ0n) is 15.9. The Hall–Kier alpha value is -3.38. The molecule has 146 valence electrons. The number of anilines is 2. The van der Waals surface area contributed by atoms with Crippen molar-refractivity contribution in [3.8, 4) is 0 Å². The van der Waals surface area contributed by atoms with E-state index in [1.165, 1.54) is 0 Å². The summed E-state index contributed by atoms with van der Waals surface area (Å²) >= 11 is 0. The highest BCUT2D eigenvalue weighted by Crippen LogP contribution is 2.30. The first-order valence-electron chi connectivity index (χ1n) is 9.74. The normalized spacial score (nSPS) is 14.4. The molecule has 29 heavy (non-hydrogen) atoms. The number of nitrogens with one attached hydrogen (secondary N) is 1. The van der Waals surface area contributed by atoms with Gasteiger partial charge in [-0.1, -0.05) is 30.3 Å². The van der Waals surface area contributed by atoms with Gasteiger partial charge in [0.15, 0.2) is 0 Å². The summed E-state index contributed by atoms with van der Waals surface area (Å²) in [6.07, 6.45) is 3.62. The van der Waals surface area contributed by atoms with Crippen LogP contribution >= 0.6 is 0 Å². The maximum absolute atomic E-state index is 12.6. The van der Waals surface area contributed by atoms with Crippen LogP contribution < -0.4 is 10.2 Å². The fraction of sp³-hybridized carbons (Fsp3) is 0.217. The number of furan rings is 1. The van der Waals surface area contributed by atoms with Crippen molar-refractivity contribution in [1.82, 2.24) is 4.98 Å². The lowest BCUT2D eigenvalue weighted by Crippen LogP contribution is -2.36. The van der Waals surface area contributed by atoms with Gasteiger partial charge in [0.25, 0.3) is 0 Å². The lowest BCUT2D eigenvalue weighted by molar-refractivity contribution is -0.115. The van der Waals surface area contributed by atoms with Crippen LogP contribution in [0.25, 0.3) is 21.7 Å². The predicted octanol–water partition coefficient (Wildman–Crippen LogP) is 4.00. The van der Waals surface area contributed by atoms with Gasteiger partial charge in [-0.05, 0) is 29.0 Å². The Balaban J connectivity index is 1.32. The molecule has 0 atom stereocenters. The van der Waals surface area contributed by atoms with E-state index < -0.39 is 0 Å². The Morgan fingerprint density at radius 1 is 1.07 bits per heavy atom. The highest BCUT2D eigenvalue weighted by molar-refractivity contribution is 6.09. The van der Waals surface area contributed by atoms with E-state index in [1.54, 1.807) is 12.5 Å². The van der Waals surface area contributed by atoms with Gasteiger partial charge in [-0.2, -0.15) is 0 Å². The van der Waals surface area contributed by atoms with Crippen LogP contribution in [0.1, 0.15) is 5.56 Å². The van der Waals surface area contributed by atoms with Crippen LogP contribution in [0.2, 0.25) is 0 Å². The number of fused-ring (bicyclic) bond motifs is 3. The van der Waals surface area contributed by atoms with Gasteiger partial charge in [0, 0.05) is 24.0 Å². The van der Waals surface area contributed by atoms with Crippen LogP contribution in [0.4, 0.5) is 11.5 Å². The average molecular weight is 387 g/mol. The zero-order chi connectivity index (χ0) is 19.6. The molecule has 5 rings (SSSR count). The highest BCUT2D eigenvalue weighted by Gasteiger charge is 2.15. The van der Waals surface area contributed by atoms with Crippen molar-refractivity contribution in [3.05, 3.63) is 66.6 Å². The van der Waals surface area contributed by atoms with Gasteiger partial charge in [0.05, 0.1) is 37.8 Å². The number of pyridine rings is 1. The third-order valence-electron chi connectivity index (χ3n) is 5.26. The summed E-state index contributed by atoms with van der Waals surface area (Å²) in [5.74, 6) is 0.806. The molecule has 1 N–H and O–H groups in total. The minimum Gasteiger partial charge on any atom is -0.464 e. The summed E-state index contributed by atoms with van der Waals surface area (Å²) in [5.41, 5.74) is 2.36. The van der Waals surface area contributed by atoms with Crippen molar-refractivity contribution in [1.29, 1.82) is 0 Å². The number of morpholine rings is 1. The first kappa shape index (κ1) is 17.7. The molecule has 2 aromatic carbocycles. The summed E-state index contributed by atoms with van der Waals surface area (Å²) in [7, 11) is 0. The fourth-order valence-electron chi connectivity index (χ4n) is 3.82. The van der Waals surface area contributed by atoms with Crippen molar-refractivity contribution in [2.24, 2.45) is 0 Å². The summed E-state index contributed by atoms with van der Waals surface area (Å²) in [5, 5.41) is 6.16. The summed E-state index contributed by atoms with van der Waals surface area (Å²) in [4.78, 5) is 19.3. The molecule has 1 fully saturated rings. The quantitative estimate of drug-likeness (QED) is 0.573. The Bertz CT molecular complexity index is 1160. The molecule has 4 aromatic rings. The van der Waals surface area contributed by atoms with Gasteiger partial charge in [0.2, 0.25) is 5.91 Å². The molecule has 0 unspecified atom stereocenters. The average Bonchev–Trinajstić information content (AvgIpc) is 3.18. The number of carbonyl (C=O) groups is 1. The molecule has 2 aromatic heterocycles. The van der Waals surface area contributed by atoms with Crippen molar-refractivity contribution in [2.45, 2.75) is 6.42 Å². The molecule has 0 radical (unpaired) electrons. The second-order valence-corrected chi connectivity index (χ2v) is 7.15. The molecular formula is C23H21N3O3. The first-order valence-corrected chi connectivity index (χ1v) is 9.74. The van der Waals surface area contributed by atoms with E-state index >= 15 is 0 Å². The number of aromatic nitrogens is 1. The van der Waals surface area contributed by atoms with E-state index in [1.807, 2.05) is 36.4 Å². The van der Waals surface area contributed by atoms with Crippen LogP contribution in [0.3, 0.4) is 0 Å². The molecule has 0 bridgehead atoms. The molecule has 1 saturated heterocycles. The monoisotopic (exact) mass is 387 g/mol. The number of hydrogen-bond donors (Lipinski definition) is 1. The first-order chi connectivity index (χ1) is 14.3. The molecule has 1 aliphatic heterocycles. The van der Waals surface area contributed by atoms with Crippen LogP contribution in [-0.2, 0) is 16.0 Å². The van der Waals surface area contributed by atoms with Gasteiger partial charge >= 0.3 is 0 Å². The lowest BCUT2D eigenvalue weighted by atomic mass is 10.0. The van der Waals surface area contributed by atoms with E-state index in [4.69, 9.17) is 9.15 Å². The molecule has 0 saturated carbocycles. The lowest BCUT2D eigenvalue weighted by Gasteiger charge is -2.27. The van der Waals surface area contributed by atoms with E-state index in [2.05, 4.69) is 27.3 Å². The van der Waals surface area contributed by atoms with Crippen molar-refractivity contribution in [2.75, 3.05) is 36.5 Å². The number of carbonyl (C=O) groups excluding carboxylic acids is 1. The standard InChI is InChI=1S/C23H21N3O3/c27-22(25-18-6-8-21(24-14-18)26-9-11-28-12-10-26)13-17-15-29-20-7-5-16-3-1-2-4-19(16)23(17)20/h1-8,14-15H,9-13H2,(H,25,27). The zero-order valence-corrected chi connectivity index (χ0v) is 15.9. The van der Waals surface area contributed by atoms with Crippen LogP contribution in [-0.4, -0.2) is 37.2 Å². The van der Waals surface area contributed by atoms with Gasteiger partial charge in [-0.25, -0.2) is 4.98 Å². The van der Waals surface area contributed by atoms with Crippen LogP contribution in [0, 0.1) is 0 Å². The molecule has 0 spiro atoms. The van der Waals surface area contributed by atoms with Gasteiger partial charge < -0.3 is 19.4 Å². The Kier molecular flexibility index (Phi) is 4.62. The van der Waals surface area contributed by atoms with Gasteiger partial charge in [-0.15, -0.1) is 0 Å². The third kappa shape index (κ3) is 3.54. The maximum atomic E-state index is 12.6. The van der Waals surface area contributed by atoms with Crippen LogP contribution in [0.5, 0.6) is 0 Å². The number of amides is 1. The minimum absolute atomic E-state index is 0.0958. The fourth-order valence-corrected chi connectivity index (χ4v) is 3.82. The molecule has 6 nitrogen and oxygen atoms in total. The van der Waals surface area contributed by atoms with E-state index in [-0.39, 0.29) is 12.3 Å². The summed E-state index contributed by atoms with van der Waals surface area (Å²) < 4.78 is 11.1. The molecule has 3 heterocycles. The molecule has 1 aliphatic rings. The molecular weight excluding hydrogens is 366 g/mol. The van der Waals surface area contributed by atoms with E-state index in [0.29, 0.717) is 18.9 Å². The van der Waals surface area contributed by atoms with Gasteiger partial charge in [0.1, 0.15) is 11.4 Å². The Morgan fingerprint density at radius 3 is 2.76 bits per heavy atom. The topological polar surface area (TPSA) is 67.6 Å². The van der Waals surface area contributed by atoms with Crippen molar-refractivity contribution >= 4 is 39.2 Å². The number of rotatable bonds is 4. The smallest absolute Gasteiger partial charge is 0.228 e. The third-order valence-corrected chi connectivity index (χ3v) is 5.26. The van der Waals surface area contributed by atoms with E-state index in [9.17, 15) is 4.79 Å². The SMILES string of the molecule is O=C(Cc1coc2ccc3ccccc3c12)Nc1ccc(N2CCOCC2)nc1. The molecule has 6 heteroatoms. The number of nitrogens with zero attached hydrogens (tertiary/aromatic N) is 2. The number of hydrogen-bond acceptors (Lipinski definition) is 5. The number of ether oxygens (including phenoxy) is 1. The van der Waals surface area contributed by atoms with Crippen molar-refractivity contribution < 1.29 is 13.9 Å². The highest BCUT2D eigenvalue weighted by atomic mass is 16.5. The maximum Gasteiger partial charge on any atom is 0.228 e. The summed E-state index contributed by atoms with van der Waals surface area (Å²) in [6, 6.07) is 15.9. The largest absolute Gasteiger partial charge is 0.464 e. The number of benzene rings is 2. The Labute approximate surface area is 168 Å². The van der Waals surface area contributed by atoms with Gasteiger partial charge in [-0.3, -0.25) is 4.79 Å². The molecule has 1 amide bonds. The summed E-state index contributed by atoms with van der Waals surface area (Å²) in [6.45, 7) is 3.10.